The summed E-state index contributed by atoms with van der Waals surface area (Å²) in [6, 6.07) is 10.6. The molecule has 0 aliphatic carbocycles. The fourth-order valence-electron chi connectivity index (χ4n) is 4.32. The number of amides is 2. The van der Waals surface area contributed by atoms with E-state index >= 15 is 4.39 Å². The fourth-order valence-corrected chi connectivity index (χ4v) is 4.48. The predicted molar refractivity (Wildman–Crippen MR) is 125 cm³/mol. The van der Waals surface area contributed by atoms with E-state index in [1.54, 1.807) is 19.1 Å². The Morgan fingerprint density at radius 3 is 2.57 bits per heavy atom. The zero-order chi connectivity index (χ0) is 25.2. The summed E-state index contributed by atoms with van der Waals surface area (Å²) < 4.78 is 30.0. The van der Waals surface area contributed by atoms with Crippen molar-refractivity contribution in [3.63, 3.8) is 0 Å². The number of aryl methyl sites for hydroxylation is 1. The molecule has 1 atom stereocenters. The van der Waals surface area contributed by atoms with Crippen LogP contribution < -0.4 is 9.80 Å². The van der Waals surface area contributed by atoms with Crippen molar-refractivity contribution in [1.82, 2.24) is 9.97 Å². The molecule has 1 unspecified atom stereocenters. The number of aliphatic hydroxyl groups is 1. The van der Waals surface area contributed by atoms with Gasteiger partial charge in [-0.3, -0.25) is 14.6 Å². The molecule has 11 heteroatoms. The summed E-state index contributed by atoms with van der Waals surface area (Å²) in [6.07, 6.45) is -1.25. The van der Waals surface area contributed by atoms with E-state index in [9.17, 15) is 24.2 Å². The highest BCUT2D eigenvalue weighted by Gasteiger charge is 2.54. The average Bonchev–Trinajstić information content (AvgIpc) is 3.34. The number of H-pyrrole nitrogens is 1. The number of nitrogens with one attached hydrogen (secondary N) is 1. The number of aromatic nitrogens is 2. The van der Waals surface area contributed by atoms with E-state index < -0.39 is 40.5 Å². The van der Waals surface area contributed by atoms with E-state index in [-0.39, 0.29) is 22.2 Å². The highest BCUT2D eigenvalue weighted by molar-refractivity contribution is 6.31. The van der Waals surface area contributed by atoms with Crippen molar-refractivity contribution in [2.75, 3.05) is 16.8 Å². The lowest BCUT2D eigenvalue weighted by molar-refractivity contribution is 0.0685. The van der Waals surface area contributed by atoms with Gasteiger partial charge in [-0.15, -0.1) is 0 Å². The van der Waals surface area contributed by atoms with Gasteiger partial charge in [-0.05, 0) is 48.9 Å². The van der Waals surface area contributed by atoms with Crippen LogP contribution in [0, 0.1) is 18.6 Å². The molecule has 2 heterocycles. The standard InChI is InChI=1S/C24H17ClF2N4O4/c1-11-3-5-13(25)10-18(11)31-21(32)19-14(26)6-7-15(27)20(19)24(31,35)12-4-8-16-17(9-12)29-22(28-16)30(2)23(33)34/h3-10,35H,1-2H3,(H,28,29)(H,33,34). The molecule has 0 saturated heterocycles. The molecule has 0 saturated carbocycles. The Labute approximate surface area is 202 Å². The molecular formula is C24H17ClF2N4O4. The van der Waals surface area contributed by atoms with Crippen molar-refractivity contribution in [3.8, 4) is 0 Å². The van der Waals surface area contributed by atoms with Gasteiger partial charge in [0.15, 0.2) is 0 Å². The molecule has 35 heavy (non-hydrogen) atoms. The number of halogens is 3. The molecular weight excluding hydrogens is 482 g/mol. The largest absolute Gasteiger partial charge is 0.465 e. The molecule has 0 fully saturated rings. The fraction of sp³-hybridized carbons (Fsp3) is 0.125. The molecule has 1 aromatic heterocycles. The summed E-state index contributed by atoms with van der Waals surface area (Å²) in [7, 11) is 1.29. The second-order valence-corrected chi connectivity index (χ2v) is 8.59. The molecule has 0 bridgehead atoms. The number of hydrogen-bond donors (Lipinski definition) is 3. The van der Waals surface area contributed by atoms with Gasteiger partial charge in [-0.2, -0.15) is 0 Å². The maximum absolute atomic E-state index is 15.2. The molecule has 5 rings (SSSR count). The summed E-state index contributed by atoms with van der Waals surface area (Å²) in [5, 5.41) is 21.6. The Bertz CT molecular complexity index is 1560. The normalized spacial score (nSPS) is 17.2. The van der Waals surface area contributed by atoms with Gasteiger partial charge >= 0.3 is 6.09 Å². The van der Waals surface area contributed by atoms with Gasteiger partial charge in [0.2, 0.25) is 11.7 Å². The molecule has 8 nitrogen and oxygen atoms in total. The maximum atomic E-state index is 15.2. The quantitative estimate of drug-likeness (QED) is 0.377. The minimum Gasteiger partial charge on any atom is -0.465 e. The number of fused-ring (bicyclic) bond motifs is 2. The SMILES string of the molecule is Cc1ccc(Cl)cc1N1C(=O)c2c(F)ccc(F)c2C1(O)c1ccc2nc(N(C)C(=O)O)[nH]c2c1. The molecule has 0 spiro atoms. The highest BCUT2D eigenvalue weighted by Crippen LogP contribution is 2.48. The van der Waals surface area contributed by atoms with Crippen LogP contribution in [-0.2, 0) is 5.72 Å². The van der Waals surface area contributed by atoms with Crippen molar-refractivity contribution in [3.05, 3.63) is 87.4 Å². The topological polar surface area (TPSA) is 110 Å². The van der Waals surface area contributed by atoms with E-state index in [4.69, 9.17) is 11.6 Å². The highest BCUT2D eigenvalue weighted by atomic mass is 35.5. The Hall–Kier alpha value is -4.02. The maximum Gasteiger partial charge on any atom is 0.413 e. The van der Waals surface area contributed by atoms with Crippen molar-refractivity contribution < 1.29 is 28.6 Å². The molecule has 2 amide bonds. The van der Waals surface area contributed by atoms with Crippen molar-refractivity contribution >= 4 is 46.3 Å². The third kappa shape index (κ3) is 3.25. The molecule has 3 N–H and O–H groups in total. The van der Waals surface area contributed by atoms with E-state index in [1.807, 2.05) is 0 Å². The van der Waals surface area contributed by atoms with Crippen molar-refractivity contribution in [1.29, 1.82) is 0 Å². The van der Waals surface area contributed by atoms with E-state index in [1.165, 1.54) is 31.3 Å². The lowest BCUT2D eigenvalue weighted by Crippen LogP contribution is -2.45. The molecule has 178 valence electrons. The molecule has 0 radical (unpaired) electrons. The first-order valence-corrected chi connectivity index (χ1v) is 10.7. The molecule has 4 aromatic rings. The van der Waals surface area contributed by atoms with Crippen LogP contribution >= 0.6 is 11.6 Å². The number of hydrogen-bond acceptors (Lipinski definition) is 4. The number of carbonyl (C=O) groups excluding carboxylic acids is 1. The van der Waals surface area contributed by atoms with Gasteiger partial charge < -0.3 is 15.2 Å². The van der Waals surface area contributed by atoms with E-state index in [0.717, 1.165) is 21.9 Å². The number of carboxylic acid groups (broad SMARTS) is 1. The molecule has 1 aliphatic rings. The average molecular weight is 499 g/mol. The van der Waals surface area contributed by atoms with Crippen molar-refractivity contribution in [2.24, 2.45) is 0 Å². The molecule has 3 aromatic carbocycles. The van der Waals surface area contributed by atoms with Crippen LogP contribution in [0.5, 0.6) is 0 Å². The summed E-state index contributed by atoms with van der Waals surface area (Å²) in [4.78, 5) is 33.6. The van der Waals surface area contributed by atoms with Gasteiger partial charge in [0.1, 0.15) is 11.6 Å². The minimum absolute atomic E-state index is 0.0132. The number of benzene rings is 3. The first-order valence-electron chi connectivity index (χ1n) is 10.3. The Kier molecular flexibility index (Phi) is 5.04. The van der Waals surface area contributed by atoms with Gasteiger partial charge in [0.05, 0.1) is 27.8 Å². The second-order valence-electron chi connectivity index (χ2n) is 8.16. The number of imidazole rings is 1. The summed E-state index contributed by atoms with van der Waals surface area (Å²) in [5.74, 6) is -2.89. The van der Waals surface area contributed by atoms with Crippen LogP contribution in [0.25, 0.3) is 11.0 Å². The Morgan fingerprint density at radius 1 is 1.14 bits per heavy atom. The number of rotatable bonds is 3. The first kappa shape index (κ1) is 22.8. The van der Waals surface area contributed by atoms with E-state index in [2.05, 4.69) is 9.97 Å². The van der Waals surface area contributed by atoms with Crippen LogP contribution in [-0.4, -0.2) is 39.2 Å². The van der Waals surface area contributed by atoms with Gasteiger partial charge in [0.25, 0.3) is 5.91 Å². The van der Waals surface area contributed by atoms with Crippen LogP contribution in [0.4, 0.5) is 25.2 Å². The van der Waals surface area contributed by atoms with Gasteiger partial charge in [-0.1, -0.05) is 23.7 Å². The number of anilines is 2. The Balaban J connectivity index is 1.79. The third-order valence-electron chi connectivity index (χ3n) is 6.08. The lowest BCUT2D eigenvalue weighted by Gasteiger charge is -2.35. The van der Waals surface area contributed by atoms with Gasteiger partial charge in [-0.25, -0.2) is 18.6 Å². The second kappa shape index (κ2) is 7.76. The van der Waals surface area contributed by atoms with Crippen LogP contribution in [0.3, 0.4) is 0 Å². The third-order valence-corrected chi connectivity index (χ3v) is 6.32. The zero-order valence-corrected chi connectivity index (χ0v) is 19.1. The predicted octanol–water partition coefficient (Wildman–Crippen LogP) is 4.77. The number of carbonyl (C=O) groups is 2. The van der Waals surface area contributed by atoms with Gasteiger partial charge in [0, 0.05) is 17.6 Å². The summed E-state index contributed by atoms with van der Waals surface area (Å²) in [5.41, 5.74) is -2.21. The monoisotopic (exact) mass is 498 g/mol. The minimum atomic E-state index is -2.45. The zero-order valence-electron chi connectivity index (χ0n) is 18.3. The van der Waals surface area contributed by atoms with Crippen LogP contribution in [0.2, 0.25) is 5.02 Å². The first-order chi connectivity index (χ1) is 16.5. The Morgan fingerprint density at radius 2 is 1.86 bits per heavy atom. The van der Waals surface area contributed by atoms with Crippen LogP contribution in [0.1, 0.15) is 27.0 Å². The molecule has 1 aliphatic heterocycles. The number of nitrogens with zero attached hydrogens (tertiary/aromatic N) is 3. The van der Waals surface area contributed by atoms with E-state index in [0.29, 0.717) is 16.6 Å². The van der Waals surface area contributed by atoms with Crippen LogP contribution in [0.15, 0.2) is 48.5 Å². The summed E-state index contributed by atoms with van der Waals surface area (Å²) >= 11 is 6.16. The smallest absolute Gasteiger partial charge is 0.413 e. The number of aromatic amines is 1. The lowest BCUT2D eigenvalue weighted by atomic mass is 9.92. The summed E-state index contributed by atoms with van der Waals surface area (Å²) in [6.45, 7) is 1.67. The van der Waals surface area contributed by atoms with Crippen molar-refractivity contribution in [2.45, 2.75) is 12.6 Å².